The van der Waals surface area contributed by atoms with Gasteiger partial charge in [-0.3, -0.25) is 0 Å². The molecule has 0 bridgehead atoms. The molecule has 1 aliphatic carbocycles. The highest BCUT2D eigenvalue weighted by Gasteiger charge is 2.19. The Morgan fingerprint density at radius 1 is 1.31 bits per heavy atom. The van der Waals surface area contributed by atoms with E-state index in [1.807, 2.05) is 6.92 Å². The Balaban J connectivity index is 1.71. The Morgan fingerprint density at radius 2 is 2.00 bits per heavy atom. The van der Waals surface area contributed by atoms with E-state index in [2.05, 4.69) is 22.6 Å². The summed E-state index contributed by atoms with van der Waals surface area (Å²) in [6.07, 6.45) is 7.02. The van der Waals surface area contributed by atoms with E-state index in [0.717, 1.165) is 29.2 Å². The van der Waals surface area contributed by atoms with Gasteiger partial charge in [0.15, 0.2) is 5.13 Å². The third-order valence-electron chi connectivity index (χ3n) is 3.70. The maximum Gasteiger partial charge on any atom is 0.182 e. The van der Waals surface area contributed by atoms with E-state index < -0.39 is 0 Å². The molecule has 0 aromatic carbocycles. The van der Waals surface area contributed by atoms with Crippen LogP contribution < -0.4 is 5.32 Å². The van der Waals surface area contributed by atoms with Gasteiger partial charge in [0.1, 0.15) is 0 Å². The first kappa shape index (κ1) is 11.9. The molecule has 0 saturated heterocycles. The van der Waals surface area contributed by atoms with Crippen molar-refractivity contribution in [2.24, 2.45) is 11.8 Å². The van der Waals surface area contributed by atoms with Gasteiger partial charge in [0.2, 0.25) is 0 Å². The van der Waals surface area contributed by atoms with Gasteiger partial charge in [0, 0.05) is 11.9 Å². The molecular formula is C13H22N2S. The Hall–Kier alpha value is -0.570. The van der Waals surface area contributed by atoms with Crippen molar-refractivity contribution in [3.05, 3.63) is 11.1 Å². The first-order chi connectivity index (χ1) is 7.78. The molecule has 0 radical (unpaired) electrons. The Kier molecular flexibility index (Phi) is 4.22. The van der Waals surface area contributed by atoms with Crippen LogP contribution in [-0.4, -0.2) is 11.5 Å². The number of nitrogens with zero attached hydrogens (tertiary/aromatic N) is 1. The van der Waals surface area contributed by atoms with E-state index in [-0.39, 0.29) is 0 Å². The molecule has 0 spiro atoms. The highest BCUT2D eigenvalue weighted by Crippen LogP contribution is 2.30. The SMILES string of the molecule is CCC1CCC(CNc2nc(C)cs2)CC1. The molecule has 0 unspecified atom stereocenters. The van der Waals surface area contributed by atoms with Crippen molar-refractivity contribution in [2.75, 3.05) is 11.9 Å². The second-order valence-electron chi connectivity index (χ2n) is 4.97. The first-order valence-corrected chi connectivity index (χ1v) is 7.32. The summed E-state index contributed by atoms with van der Waals surface area (Å²) in [6, 6.07) is 0. The van der Waals surface area contributed by atoms with Crippen LogP contribution in [0, 0.1) is 18.8 Å². The molecule has 1 heterocycles. The lowest BCUT2D eigenvalue weighted by atomic mass is 9.81. The molecule has 2 rings (SSSR count). The van der Waals surface area contributed by atoms with E-state index in [1.54, 1.807) is 11.3 Å². The second kappa shape index (κ2) is 5.67. The summed E-state index contributed by atoms with van der Waals surface area (Å²) in [7, 11) is 0. The first-order valence-electron chi connectivity index (χ1n) is 6.44. The third-order valence-corrected chi connectivity index (χ3v) is 4.62. The summed E-state index contributed by atoms with van der Waals surface area (Å²) in [4.78, 5) is 4.43. The van der Waals surface area contributed by atoms with Gasteiger partial charge in [-0.25, -0.2) is 4.98 Å². The van der Waals surface area contributed by atoms with Crippen LogP contribution in [0.2, 0.25) is 0 Å². The number of hydrogen-bond donors (Lipinski definition) is 1. The lowest BCUT2D eigenvalue weighted by Gasteiger charge is -2.27. The van der Waals surface area contributed by atoms with Crippen molar-refractivity contribution in [3.63, 3.8) is 0 Å². The molecule has 1 aliphatic rings. The zero-order chi connectivity index (χ0) is 11.4. The van der Waals surface area contributed by atoms with Gasteiger partial charge in [-0.15, -0.1) is 11.3 Å². The smallest absolute Gasteiger partial charge is 0.182 e. The van der Waals surface area contributed by atoms with Gasteiger partial charge in [-0.1, -0.05) is 26.2 Å². The molecule has 1 aromatic heterocycles. The molecular weight excluding hydrogens is 216 g/mol. The van der Waals surface area contributed by atoms with Gasteiger partial charge >= 0.3 is 0 Å². The fourth-order valence-corrected chi connectivity index (χ4v) is 3.21. The Morgan fingerprint density at radius 3 is 2.56 bits per heavy atom. The molecule has 1 aromatic rings. The standard InChI is InChI=1S/C13H22N2S/c1-3-11-4-6-12(7-5-11)8-14-13-15-10(2)9-16-13/h9,11-12H,3-8H2,1-2H3,(H,14,15). The number of aromatic nitrogens is 1. The second-order valence-corrected chi connectivity index (χ2v) is 5.83. The molecule has 2 nitrogen and oxygen atoms in total. The summed E-state index contributed by atoms with van der Waals surface area (Å²) >= 11 is 1.72. The number of aryl methyl sites for hydroxylation is 1. The van der Waals surface area contributed by atoms with Crippen molar-refractivity contribution in [1.82, 2.24) is 4.98 Å². The van der Waals surface area contributed by atoms with E-state index >= 15 is 0 Å². The van der Waals surface area contributed by atoms with Gasteiger partial charge in [0.25, 0.3) is 0 Å². The summed E-state index contributed by atoms with van der Waals surface area (Å²) in [5, 5.41) is 6.68. The largest absolute Gasteiger partial charge is 0.361 e. The van der Waals surface area contributed by atoms with Crippen LogP contribution >= 0.6 is 11.3 Å². The molecule has 0 amide bonds. The highest BCUT2D eigenvalue weighted by atomic mass is 32.1. The van der Waals surface area contributed by atoms with E-state index in [9.17, 15) is 0 Å². The molecule has 1 fully saturated rings. The van der Waals surface area contributed by atoms with Crippen molar-refractivity contribution in [2.45, 2.75) is 46.0 Å². The van der Waals surface area contributed by atoms with E-state index in [1.165, 1.54) is 32.1 Å². The average Bonchev–Trinajstić information content (AvgIpc) is 2.73. The summed E-state index contributed by atoms with van der Waals surface area (Å²) < 4.78 is 0. The van der Waals surface area contributed by atoms with Gasteiger partial charge < -0.3 is 5.32 Å². The predicted molar refractivity (Wildman–Crippen MR) is 71.1 cm³/mol. The average molecular weight is 238 g/mol. The molecule has 0 aliphatic heterocycles. The van der Waals surface area contributed by atoms with Crippen LogP contribution in [0.5, 0.6) is 0 Å². The number of anilines is 1. The van der Waals surface area contributed by atoms with Gasteiger partial charge in [-0.2, -0.15) is 0 Å². The fraction of sp³-hybridized carbons (Fsp3) is 0.769. The van der Waals surface area contributed by atoms with Crippen LogP contribution in [0.3, 0.4) is 0 Å². The van der Waals surface area contributed by atoms with Crippen molar-refractivity contribution >= 4 is 16.5 Å². The summed E-state index contributed by atoms with van der Waals surface area (Å²) in [6.45, 7) is 5.49. The normalized spacial score (nSPS) is 25.6. The third kappa shape index (κ3) is 3.21. The van der Waals surface area contributed by atoms with Gasteiger partial charge in [0.05, 0.1) is 5.69 Å². The lowest BCUT2D eigenvalue weighted by molar-refractivity contribution is 0.278. The zero-order valence-electron chi connectivity index (χ0n) is 10.3. The minimum Gasteiger partial charge on any atom is -0.361 e. The minimum absolute atomic E-state index is 0.868. The van der Waals surface area contributed by atoms with Crippen molar-refractivity contribution in [1.29, 1.82) is 0 Å². The summed E-state index contributed by atoms with van der Waals surface area (Å²) in [5.74, 6) is 1.87. The number of nitrogens with one attached hydrogen (secondary N) is 1. The monoisotopic (exact) mass is 238 g/mol. The maximum absolute atomic E-state index is 4.43. The van der Waals surface area contributed by atoms with Crippen LogP contribution in [0.25, 0.3) is 0 Å². The number of hydrogen-bond acceptors (Lipinski definition) is 3. The van der Waals surface area contributed by atoms with Crippen LogP contribution in [-0.2, 0) is 0 Å². The molecule has 90 valence electrons. The van der Waals surface area contributed by atoms with Crippen molar-refractivity contribution < 1.29 is 0 Å². The summed E-state index contributed by atoms with van der Waals surface area (Å²) in [5.41, 5.74) is 1.13. The number of rotatable bonds is 4. The van der Waals surface area contributed by atoms with Crippen LogP contribution in [0.1, 0.15) is 44.7 Å². The molecule has 1 N–H and O–H groups in total. The minimum atomic E-state index is 0.868. The van der Waals surface area contributed by atoms with Crippen LogP contribution in [0.4, 0.5) is 5.13 Å². The molecule has 3 heteroatoms. The maximum atomic E-state index is 4.43. The number of thiazole rings is 1. The van der Waals surface area contributed by atoms with Crippen LogP contribution in [0.15, 0.2) is 5.38 Å². The molecule has 16 heavy (non-hydrogen) atoms. The molecule has 0 atom stereocenters. The van der Waals surface area contributed by atoms with Gasteiger partial charge in [-0.05, 0) is 31.6 Å². The molecule has 1 saturated carbocycles. The Bertz CT molecular complexity index is 313. The Labute approximate surface area is 102 Å². The lowest BCUT2D eigenvalue weighted by Crippen LogP contribution is -2.20. The quantitative estimate of drug-likeness (QED) is 0.855. The topological polar surface area (TPSA) is 24.9 Å². The van der Waals surface area contributed by atoms with Crippen molar-refractivity contribution in [3.8, 4) is 0 Å². The predicted octanol–water partition coefficient (Wildman–Crippen LogP) is 4.08. The highest BCUT2D eigenvalue weighted by molar-refractivity contribution is 7.13. The van der Waals surface area contributed by atoms with E-state index in [4.69, 9.17) is 0 Å². The van der Waals surface area contributed by atoms with E-state index in [0.29, 0.717) is 0 Å². The fourth-order valence-electron chi connectivity index (χ4n) is 2.51. The zero-order valence-corrected chi connectivity index (χ0v) is 11.1.